The monoisotopic (exact) mass is 467 g/mol. The van der Waals surface area contributed by atoms with E-state index in [1.807, 2.05) is 25.1 Å². The maximum atomic E-state index is 14.5. The molecule has 0 saturated heterocycles. The highest BCUT2D eigenvalue weighted by atomic mass is 35.5. The number of amides is 1. The van der Waals surface area contributed by atoms with Crippen molar-refractivity contribution < 1.29 is 9.18 Å². The molecule has 4 rings (SSSR count). The number of nitrogens with zero attached hydrogens (tertiary/aromatic N) is 2. The van der Waals surface area contributed by atoms with Gasteiger partial charge in [-0.1, -0.05) is 65.8 Å². The number of benzene rings is 3. The first-order valence-electron chi connectivity index (χ1n) is 9.89. The molecule has 0 saturated carbocycles. The van der Waals surface area contributed by atoms with Crippen molar-refractivity contribution in [2.24, 2.45) is 0 Å². The Kier molecular flexibility index (Phi) is 6.58. The van der Waals surface area contributed by atoms with Crippen LogP contribution in [-0.2, 0) is 4.79 Å². The molecule has 0 spiro atoms. The number of hydrogen-bond acceptors (Lipinski definition) is 4. The molecule has 8 heteroatoms. The number of hydrogen-bond donors (Lipinski definition) is 1. The van der Waals surface area contributed by atoms with Crippen LogP contribution in [0.2, 0.25) is 5.02 Å². The van der Waals surface area contributed by atoms with Crippen molar-refractivity contribution in [3.8, 4) is 5.69 Å². The van der Waals surface area contributed by atoms with E-state index in [1.54, 1.807) is 42.5 Å². The summed E-state index contributed by atoms with van der Waals surface area (Å²) in [5, 5.41) is 4.07. The zero-order chi connectivity index (χ0) is 22.7. The molecule has 1 N–H and O–H groups in total. The number of aromatic nitrogens is 2. The largest absolute Gasteiger partial charge is 0.349 e. The van der Waals surface area contributed by atoms with Gasteiger partial charge in [0.1, 0.15) is 5.82 Å². The van der Waals surface area contributed by atoms with Crippen LogP contribution in [-0.4, -0.2) is 21.2 Å². The van der Waals surface area contributed by atoms with Gasteiger partial charge in [-0.25, -0.2) is 9.37 Å². The summed E-state index contributed by atoms with van der Waals surface area (Å²) in [5.41, 5.74) is 0.980. The lowest BCUT2D eigenvalue weighted by Crippen LogP contribution is -2.29. The summed E-state index contributed by atoms with van der Waals surface area (Å²) in [7, 11) is 0. The van der Waals surface area contributed by atoms with Crippen LogP contribution in [0.1, 0.15) is 18.5 Å². The fourth-order valence-corrected chi connectivity index (χ4v) is 4.49. The molecule has 0 aliphatic heterocycles. The van der Waals surface area contributed by atoms with Gasteiger partial charge in [-0.15, -0.1) is 0 Å². The van der Waals surface area contributed by atoms with Crippen LogP contribution in [0.5, 0.6) is 0 Å². The summed E-state index contributed by atoms with van der Waals surface area (Å²) in [6.45, 7) is 1.84. The first kappa shape index (κ1) is 22.0. The Labute approximate surface area is 193 Å². The van der Waals surface area contributed by atoms with Gasteiger partial charge < -0.3 is 5.32 Å². The third-order valence-corrected chi connectivity index (χ3v) is 6.20. The van der Waals surface area contributed by atoms with E-state index >= 15 is 0 Å². The second-order valence-electron chi connectivity index (χ2n) is 7.10. The molecule has 1 aromatic heterocycles. The summed E-state index contributed by atoms with van der Waals surface area (Å²) in [6.07, 6.45) is 0. The first-order valence-corrected chi connectivity index (χ1v) is 11.3. The Balaban J connectivity index is 1.63. The predicted molar refractivity (Wildman–Crippen MR) is 126 cm³/mol. The van der Waals surface area contributed by atoms with Gasteiger partial charge in [0.25, 0.3) is 5.56 Å². The van der Waals surface area contributed by atoms with E-state index in [0.717, 1.165) is 17.3 Å². The lowest BCUT2D eigenvalue weighted by atomic mass is 10.1. The number of para-hydroxylation sites is 2. The standard InChI is InChI=1S/C24H19ClFN3O2S/c1-15(16-8-2-4-10-18(16)25)27-22(30)14-32-24-28-20-12-6-3-9-17(20)23(31)29(24)21-13-7-5-11-19(21)26/h2-13,15H,14H2,1H3,(H,27,30). The Morgan fingerprint density at radius 3 is 2.56 bits per heavy atom. The summed E-state index contributed by atoms with van der Waals surface area (Å²) < 4.78 is 15.8. The number of rotatable bonds is 6. The Hall–Kier alpha value is -3.16. The van der Waals surface area contributed by atoms with Crippen LogP contribution in [0.15, 0.2) is 82.7 Å². The lowest BCUT2D eigenvalue weighted by Gasteiger charge is -2.16. The summed E-state index contributed by atoms with van der Waals surface area (Å²) >= 11 is 7.28. The maximum Gasteiger partial charge on any atom is 0.266 e. The minimum atomic E-state index is -0.551. The molecule has 32 heavy (non-hydrogen) atoms. The van der Waals surface area contributed by atoms with Crippen molar-refractivity contribution >= 4 is 40.2 Å². The van der Waals surface area contributed by atoms with E-state index in [1.165, 1.54) is 16.7 Å². The van der Waals surface area contributed by atoms with Crippen molar-refractivity contribution in [3.05, 3.63) is 99.6 Å². The molecule has 162 valence electrons. The van der Waals surface area contributed by atoms with Gasteiger partial charge >= 0.3 is 0 Å². The molecule has 0 aliphatic carbocycles. The van der Waals surface area contributed by atoms with Gasteiger partial charge in [0.2, 0.25) is 5.91 Å². The Morgan fingerprint density at radius 2 is 1.78 bits per heavy atom. The molecule has 4 aromatic rings. The van der Waals surface area contributed by atoms with Gasteiger partial charge in [-0.05, 0) is 42.8 Å². The van der Waals surface area contributed by atoms with Gasteiger partial charge in [-0.2, -0.15) is 0 Å². The van der Waals surface area contributed by atoms with Crippen LogP contribution in [0.25, 0.3) is 16.6 Å². The molecule has 1 atom stereocenters. The SMILES string of the molecule is CC(NC(=O)CSc1nc2ccccc2c(=O)n1-c1ccccc1F)c1ccccc1Cl. The summed E-state index contributed by atoms with van der Waals surface area (Å²) in [4.78, 5) is 30.3. The first-order chi connectivity index (χ1) is 15.5. The molecule has 1 amide bonds. The maximum absolute atomic E-state index is 14.5. The molecule has 0 bridgehead atoms. The average Bonchev–Trinajstić information content (AvgIpc) is 2.79. The molecule has 0 aliphatic rings. The molecular formula is C24H19ClFN3O2S. The van der Waals surface area contributed by atoms with Crippen LogP contribution in [0.3, 0.4) is 0 Å². The molecule has 0 fully saturated rings. The van der Waals surface area contributed by atoms with Crippen LogP contribution in [0, 0.1) is 5.82 Å². The lowest BCUT2D eigenvalue weighted by molar-refractivity contribution is -0.119. The molecule has 1 unspecified atom stereocenters. The van der Waals surface area contributed by atoms with Gasteiger partial charge in [-0.3, -0.25) is 14.2 Å². The Morgan fingerprint density at radius 1 is 1.09 bits per heavy atom. The minimum absolute atomic E-state index is 0.00593. The fourth-order valence-electron chi connectivity index (χ4n) is 3.37. The van der Waals surface area contributed by atoms with E-state index in [9.17, 15) is 14.0 Å². The van der Waals surface area contributed by atoms with Crippen molar-refractivity contribution in [3.63, 3.8) is 0 Å². The summed E-state index contributed by atoms with van der Waals surface area (Å²) in [5.74, 6) is -0.816. The third kappa shape index (κ3) is 4.54. The fraction of sp³-hybridized carbons (Fsp3) is 0.125. The highest BCUT2D eigenvalue weighted by Gasteiger charge is 2.18. The molecule has 0 radical (unpaired) electrons. The highest BCUT2D eigenvalue weighted by Crippen LogP contribution is 2.24. The Bertz CT molecular complexity index is 1360. The second-order valence-corrected chi connectivity index (χ2v) is 8.45. The minimum Gasteiger partial charge on any atom is -0.349 e. The van der Waals surface area contributed by atoms with Gasteiger partial charge in [0, 0.05) is 5.02 Å². The van der Waals surface area contributed by atoms with Crippen molar-refractivity contribution in [1.82, 2.24) is 14.9 Å². The van der Waals surface area contributed by atoms with E-state index in [4.69, 9.17) is 11.6 Å². The zero-order valence-electron chi connectivity index (χ0n) is 17.1. The molecular weight excluding hydrogens is 449 g/mol. The number of carbonyl (C=O) groups is 1. The highest BCUT2D eigenvalue weighted by molar-refractivity contribution is 7.99. The number of carbonyl (C=O) groups excluding carboxylic acids is 1. The number of halogens is 2. The zero-order valence-corrected chi connectivity index (χ0v) is 18.7. The molecule has 3 aromatic carbocycles. The summed E-state index contributed by atoms with van der Waals surface area (Å²) in [6, 6.07) is 19.8. The quantitative estimate of drug-likeness (QED) is 0.315. The van der Waals surface area contributed by atoms with Crippen molar-refractivity contribution in [2.75, 3.05) is 5.75 Å². The topological polar surface area (TPSA) is 64.0 Å². The second kappa shape index (κ2) is 9.54. The number of nitrogens with one attached hydrogen (secondary N) is 1. The smallest absolute Gasteiger partial charge is 0.266 e. The number of fused-ring (bicyclic) bond motifs is 1. The van der Waals surface area contributed by atoms with Crippen LogP contribution < -0.4 is 10.9 Å². The average molecular weight is 468 g/mol. The normalized spacial score (nSPS) is 12.0. The van der Waals surface area contributed by atoms with E-state index in [-0.39, 0.29) is 28.5 Å². The molecule has 1 heterocycles. The van der Waals surface area contributed by atoms with Gasteiger partial charge in [0.05, 0.1) is 28.4 Å². The van der Waals surface area contributed by atoms with E-state index < -0.39 is 11.4 Å². The van der Waals surface area contributed by atoms with Crippen molar-refractivity contribution in [2.45, 2.75) is 18.1 Å². The van der Waals surface area contributed by atoms with E-state index in [2.05, 4.69) is 10.3 Å². The van der Waals surface area contributed by atoms with Crippen LogP contribution >= 0.6 is 23.4 Å². The number of thioether (sulfide) groups is 1. The predicted octanol–water partition coefficient (Wildman–Crippen LogP) is 5.15. The molecule has 5 nitrogen and oxygen atoms in total. The van der Waals surface area contributed by atoms with E-state index in [0.29, 0.717) is 15.9 Å². The third-order valence-electron chi connectivity index (χ3n) is 4.92. The van der Waals surface area contributed by atoms with Crippen molar-refractivity contribution in [1.29, 1.82) is 0 Å². The van der Waals surface area contributed by atoms with Gasteiger partial charge in [0.15, 0.2) is 5.16 Å². The van der Waals surface area contributed by atoms with Crippen LogP contribution in [0.4, 0.5) is 4.39 Å².